The van der Waals surface area contributed by atoms with Gasteiger partial charge in [-0.1, -0.05) is 19.1 Å². The third-order valence-electron chi connectivity index (χ3n) is 2.76. The predicted octanol–water partition coefficient (Wildman–Crippen LogP) is 3.18. The molecule has 1 aromatic heterocycles. The Labute approximate surface area is 117 Å². The van der Waals surface area contributed by atoms with Crippen LogP contribution < -0.4 is 10.6 Å². The molecule has 0 aliphatic rings. The lowest BCUT2D eigenvalue weighted by molar-refractivity contribution is -0.115. The number of benzene rings is 1. The van der Waals surface area contributed by atoms with Crippen molar-refractivity contribution in [3.05, 3.63) is 54.0 Å². The quantitative estimate of drug-likeness (QED) is 0.879. The van der Waals surface area contributed by atoms with Crippen LogP contribution in [0.25, 0.3) is 0 Å². The average molecular weight is 273 g/mol. The van der Waals surface area contributed by atoms with E-state index in [0.717, 1.165) is 11.3 Å². The van der Waals surface area contributed by atoms with Crippen LogP contribution in [-0.2, 0) is 11.3 Å². The number of nitrogens with one attached hydrogen (secondary N) is 2. The summed E-state index contributed by atoms with van der Waals surface area (Å²) in [6.45, 7) is 2.37. The van der Waals surface area contributed by atoms with Gasteiger partial charge in [0.1, 0.15) is 11.6 Å². The minimum Gasteiger partial charge on any atom is -0.380 e. The second-order valence-electron chi connectivity index (χ2n) is 4.31. The van der Waals surface area contributed by atoms with Crippen LogP contribution in [0.4, 0.5) is 15.9 Å². The molecule has 0 radical (unpaired) electrons. The van der Waals surface area contributed by atoms with Crippen molar-refractivity contribution in [3.8, 4) is 0 Å². The first-order chi connectivity index (χ1) is 9.67. The highest BCUT2D eigenvalue weighted by atomic mass is 19.1. The number of nitrogens with zero attached hydrogens (tertiary/aromatic N) is 1. The van der Waals surface area contributed by atoms with Gasteiger partial charge in [0, 0.05) is 13.0 Å². The number of hydrogen-bond donors (Lipinski definition) is 2. The Morgan fingerprint density at radius 3 is 2.55 bits per heavy atom. The summed E-state index contributed by atoms with van der Waals surface area (Å²) < 4.78 is 12.8. The van der Waals surface area contributed by atoms with Crippen LogP contribution in [-0.4, -0.2) is 10.9 Å². The fourth-order valence-corrected chi connectivity index (χ4v) is 1.61. The number of pyridine rings is 1. The van der Waals surface area contributed by atoms with Gasteiger partial charge in [-0.25, -0.2) is 9.37 Å². The monoisotopic (exact) mass is 273 g/mol. The highest BCUT2D eigenvalue weighted by Crippen LogP contribution is 2.12. The molecule has 1 aromatic carbocycles. The Balaban J connectivity index is 1.90. The van der Waals surface area contributed by atoms with Gasteiger partial charge in [0.25, 0.3) is 0 Å². The summed E-state index contributed by atoms with van der Waals surface area (Å²) in [7, 11) is 0. The molecular formula is C15H16FN3O. The number of aromatic nitrogens is 1. The lowest BCUT2D eigenvalue weighted by atomic mass is 10.2. The van der Waals surface area contributed by atoms with E-state index in [0.29, 0.717) is 18.8 Å². The first-order valence-electron chi connectivity index (χ1n) is 6.41. The van der Waals surface area contributed by atoms with E-state index in [-0.39, 0.29) is 11.7 Å². The molecule has 2 aromatic rings. The molecule has 20 heavy (non-hydrogen) atoms. The van der Waals surface area contributed by atoms with E-state index >= 15 is 0 Å². The van der Waals surface area contributed by atoms with Gasteiger partial charge < -0.3 is 10.6 Å². The summed E-state index contributed by atoms with van der Waals surface area (Å²) in [6, 6.07) is 9.89. The summed E-state index contributed by atoms with van der Waals surface area (Å²) in [4.78, 5) is 15.3. The molecule has 104 valence electrons. The first-order valence-corrected chi connectivity index (χ1v) is 6.41. The molecule has 0 bridgehead atoms. The summed E-state index contributed by atoms with van der Waals surface area (Å²) >= 11 is 0. The standard InChI is InChI=1S/C15H16FN3O/c1-2-15(20)19-14-8-7-13(10-18-14)17-9-11-3-5-12(16)6-4-11/h3-8,10,17H,2,9H2,1H3,(H,18,19,20). The lowest BCUT2D eigenvalue weighted by Crippen LogP contribution is -2.10. The maximum atomic E-state index is 12.8. The third-order valence-corrected chi connectivity index (χ3v) is 2.76. The van der Waals surface area contributed by atoms with E-state index < -0.39 is 0 Å². The molecule has 0 saturated heterocycles. The molecule has 0 spiro atoms. The third kappa shape index (κ3) is 4.05. The fourth-order valence-electron chi connectivity index (χ4n) is 1.61. The van der Waals surface area contributed by atoms with Crippen molar-refractivity contribution in [2.24, 2.45) is 0 Å². The van der Waals surface area contributed by atoms with Crippen LogP contribution in [0.5, 0.6) is 0 Å². The number of carbonyl (C=O) groups is 1. The van der Waals surface area contributed by atoms with Gasteiger partial charge in [-0.15, -0.1) is 0 Å². The molecule has 0 unspecified atom stereocenters. The number of hydrogen-bond acceptors (Lipinski definition) is 3. The Hall–Kier alpha value is -2.43. The van der Waals surface area contributed by atoms with E-state index in [1.165, 1.54) is 12.1 Å². The summed E-state index contributed by atoms with van der Waals surface area (Å²) in [5, 5.41) is 5.86. The van der Waals surface area contributed by atoms with Crippen LogP contribution in [0.15, 0.2) is 42.6 Å². The molecule has 1 heterocycles. The maximum Gasteiger partial charge on any atom is 0.225 e. The maximum absolute atomic E-state index is 12.8. The van der Waals surface area contributed by atoms with Gasteiger partial charge in [0.15, 0.2) is 0 Å². The van der Waals surface area contributed by atoms with Crippen molar-refractivity contribution in [1.82, 2.24) is 4.98 Å². The molecule has 5 heteroatoms. The van der Waals surface area contributed by atoms with Crippen molar-refractivity contribution in [2.45, 2.75) is 19.9 Å². The number of halogens is 1. The van der Waals surface area contributed by atoms with Gasteiger partial charge in [-0.2, -0.15) is 0 Å². The highest BCUT2D eigenvalue weighted by Gasteiger charge is 2.00. The molecule has 0 aliphatic heterocycles. The van der Waals surface area contributed by atoms with Crippen molar-refractivity contribution >= 4 is 17.4 Å². The summed E-state index contributed by atoms with van der Waals surface area (Å²) in [6.07, 6.45) is 2.07. The average Bonchev–Trinajstić information content (AvgIpc) is 2.48. The molecule has 0 saturated carbocycles. The molecule has 0 aliphatic carbocycles. The van der Waals surface area contributed by atoms with Crippen LogP contribution in [0.2, 0.25) is 0 Å². The van der Waals surface area contributed by atoms with Crippen molar-refractivity contribution < 1.29 is 9.18 Å². The predicted molar refractivity (Wildman–Crippen MR) is 76.9 cm³/mol. The zero-order chi connectivity index (χ0) is 14.4. The first kappa shape index (κ1) is 14.0. The Morgan fingerprint density at radius 2 is 1.95 bits per heavy atom. The summed E-state index contributed by atoms with van der Waals surface area (Å²) in [5.41, 5.74) is 1.82. The molecule has 4 nitrogen and oxygen atoms in total. The minimum absolute atomic E-state index is 0.0653. The van der Waals surface area contributed by atoms with Gasteiger partial charge in [0.05, 0.1) is 11.9 Å². The van der Waals surface area contributed by atoms with E-state index in [4.69, 9.17) is 0 Å². The minimum atomic E-state index is -0.244. The molecular weight excluding hydrogens is 257 g/mol. The van der Waals surface area contributed by atoms with Crippen molar-refractivity contribution in [1.29, 1.82) is 0 Å². The zero-order valence-electron chi connectivity index (χ0n) is 11.2. The topological polar surface area (TPSA) is 54.0 Å². The van der Waals surface area contributed by atoms with Gasteiger partial charge in [0.2, 0.25) is 5.91 Å². The molecule has 0 atom stereocenters. The van der Waals surface area contributed by atoms with Gasteiger partial charge in [-0.05, 0) is 29.8 Å². The van der Waals surface area contributed by atoms with Gasteiger partial charge >= 0.3 is 0 Å². The van der Waals surface area contributed by atoms with Crippen LogP contribution in [0.3, 0.4) is 0 Å². The Morgan fingerprint density at radius 1 is 1.20 bits per heavy atom. The number of rotatable bonds is 5. The molecule has 1 amide bonds. The van der Waals surface area contributed by atoms with Gasteiger partial charge in [-0.3, -0.25) is 4.79 Å². The molecule has 0 fully saturated rings. The highest BCUT2D eigenvalue weighted by molar-refractivity contribution is 5.89. The van der Waals surface area contributed by atoms with E-state index in [1.54, 1.807) is 31.3 Å². The Kier molecular flexibility index (Phi) is 4.65. The van der Waals surface area contributed by atoms with Crippen LogP contribution in [0.1, 0.15) is 18.9 Å². The van der Waals surface area contributed by atoms with E-state index in [1.807, 2.05) is 6.07 Å². The van der Waals surface area contributed by atoms with Crippen LogP contribution >= 0.6 is 0 Å². The largest absolute Gasteiger partial charge is 0.380 e. The van der Waals surface area contributed by atoms with Crippen LogP contribution in [0, 0.1) is 5.82 Å². The van der Waals surface area contributed by atoms with Crippen molar-refractivity contribution in [2.75, 3.05) is 10.6 Å². The fraction of sp³-hybridized carbons (Fsp3) is 0.200. The van der Waals surface area contributed by atoms with E-state index in [2.05, 4.69) is 15.6 Å². The normalized spacial score (nSPS) is 10.1. The lowest BCUT2D eigenvalue weighted by Gasteiger charge is -2.07. The summed E-state index contributed by atoms with van der Waals surface area (Å²) in [5.74, 6) is 0.222. The zero-order valence-corrected chi connectivity index (χ0v) is 11.2. The van der Waals surface area contributed by atoms with Crippen molar-refractivity contribution in [3.63, 3.8) is 0 Å². The second kappa shape index (κ2) is 6.65. The number of carbonyl (C=O) groups excluding carboxylic acids is 1. The molecule has 2 N–H and O–H groups in total. The number of amides is 1. The smallest absolute Gasteiger partial charge is 0.225 e. The Bertz CT molecular complexity index is 567. The SMILES string of the molecule is CCC(=O)Nc1ccc(NCc2ccc(F)cc2)cn1. The second-order valence-corrected chi connectivity index (χ2v) is 4.31. The van der Waals surface area contributed by atoms with E-state index in [9.17, 15) is 9.18 Å². The molecule has 2 rings (SSSR count). The number of anilines is 2.